The highest BCUT2D eigenvalue weighted by Gasteiger charge is 2.24. The third-order valence-electron chi connectivity index (χ3n) is 4.80. The lowest BCUT2D eigenvalue weighted by Gasteiger charge is -2.32. The second-order valence-corrected chi connectivity index (χ2v) is 8.90. The Hall–Kier alpha value is -2.28. The van der Waals surface area contributed by atoms with Crippen LogP contribution in [0.1, 0.15) is 52.0 Å². The highest BCUT2D eigenvalue weighted by Crippen LogP contribution is 2.18. The number of hydrogen-bond acceptors (Lipinski definition) is 4. The van der Waals surface area contributed by atoms with Crippen molar-refractivity contribution in [1.82, 2.24) is 15.5 Å². The van der Waals surface area contributed by atoms with E-state index in [0.717, 1.165) is 18.4 Å². The van der Waals surface area contributed by atoms with E-state index in [4.69, 9.17) is 16.3 Å². The zero-order valence-electron chi connectivity index (χ0n) is 18.0. The van der Waals surface area contributed by atoms with Gasteiger partial charge in [-0.3, -0.25) is 9.59 Å². The van der Waals surface area contributed by atoms with Gasteiger partial charge >= 0.3 is 6.09 Å². The molecule has 0 atom stereocenters. The van der Waals surface area contributed by atoms with Crippen molar-refractivity contribution in [2.75, 3.05) is 19.6 Å². The predicted molar refractivity (Wildman–Crippen MR) is 116 cm³/mol. The summed E-state index contributed by atoms with van der Waals surface area (Å²) in [5.41, 5.74) is 0.417. The highest BCUT2D eigenvalue weighted by atomic mass is 35.5. The van der Waals surface area contributed by atoms with Crippen molar-refractivity contribution >= 4 is 29.5 Å². The Balaban J connectivity index is 1.63. The minimum atomic E-state index is -0.564. The van der Waals surface area contributed by atoms with E-state index in [2.05, 4.69) is 10.6 Å². The second-order valence-electron chi connectivity index (χ2n) is 8.49. The van der Waals surface area contributed by atoms with Crippen LogP contribution in [-0.4, -0.2) is 54.1 Å². The molecule has 0 aliphatic carbocycles. The molecule has 1 saturated heterocycles. The lowest BCUT2D eigenvalue weighted by Crippen LogP contribution is -2.47. The van der Waals surface area contributed by atoms with Crippen molar-refractivity contribution in [3.8, 4) is 0 Å². The van der Waals surface area contributed by atoms with Gasteiger partial charge in [0, 0.05) is 43.5 Å². The Morgan fingerprint density at radius 3 is 2.43 bits per heavy atom. The van der Waals surface area contributed by atoms with Crippen molar-refractivity contribution in [3.05, 3.63) is 34.9 Å². The van der Waals surface area contributed by atoms with Gasteiger partial charge in [-0.1, -0.05) is 29.8 Å². The van der Waals surface area contributed by atoms with Crippen LogP contribution in [-0.2, 0) is 20.7 Å². The van der Waals surface area contributed by atoms with E-state index in [0.29, 0.717) is 31.0 Å². The molecule has 1 aliphatic heterocycles. The first-order chi connectivity index (χ1) is 14.1. The molecule has 0 bridgehead atoms. The summed E-state index contributed by atoms with van der Waals surface area (Å²) >= 11 is 6.15. The van der Waals surface area contributed by atoms with Gasteiger partial charge in [-0.25, -0.2) is 4.79 Å². The number of hydrogen-bond donors (Lipinski definition) is 2. The van der Waals surface area contributed by atoms with Gasteiger partial charge < -0.3 is 20.3 Å². The molecule has 7 nitrogen and oxygen atoms in total. The molecule has 30 heavy (non-hydrogen) atoms. The van der Waals surface area contributed by atoms with Gasteiger partial charge in [-0.05, 0) is 51.7 Å². The van der Waals surface area contributed by atoms with Crippen molar-refractivity contribution in [2.24, 2.45) is 0 Å². The maximum Gasteiger partial charge on any atom is 0.407 e. The number of halogens is 1. The number of carbonyl (C=O) groups is 3. The van der Waals surface area contributed by atoms with Gasteiger partial charge in [-0.15, -0.1) is 0 Å². The number of aryl methyl sites for hydroxylation is 1. The molecule has 1 aromatic carbocycles. The molecule has 1 heterocycles. The third kappa shape index (κ3) is 8.61. The van der Waals surface area contributed by atoms with Crippen molar-refractivity contribution < 1.29 is 19.1 Å². The second kappa shape index (κ2) is 11.2. The summed E-state index contributed by atoms with van der Waals surface area (Å²) in [4.78, 5) is 38.0. The van der Waals surface area contributed by atoms with Gasteiger partial charge in [0.1, 0.15) is 5.60 Å². The molecular weight excluding hydrogens is 406 g/mol. The van der Waals surface area contributed by atoms with Crippen LogP contribution in [0.3, 0.4) is 0 Å². The number of piperidine rings is 1. The highest BCUT2D eigenvalue weighted by molar-refractivity contribution is 6.31. The fourth-order valence-electron chi connectivity index (χ4n) is 3.27. The Morgan fingerprint density at radius 1 is 1.13 bits per heavy atom. The van der Waals surface area contributed by atoms with Crippen LogP contribution in [0.4, 0.5) is 4.79 Å². The lowest BCUT2D eigenvalue weighted by atomic mass is 10.0. The SMILES string of the molecule is CC(C)(C)OC(=O)NCCC(=O)NC1CCN(C(=O)CCc2ccccc2Cl)CC1. The number of nitrogens with one attached hydrogen (secondary N) is 2. The molecular formula is C22H32ClN3O4. The molecule has 0 spiro atoms. The van der Waals surface area contributed by atoms with Crippen LogP contribution < -0.4 is 10.6 Å². The molecule has 2 rings (SSSR count). The van der Waals surface area contributed by atoms with E-state index in [1.807, 2.05) is 29.2 Å². The van der Waals surface area contributed by atoms with E-state index in [9.17, 15) is 14.4 Å². The molecule has 1 fully saturated rings. The molecule has 8 heteroatoms. The number of alkyl carbamates (subject to hydrolysis) is 1. The van der Waals surface area contributed by atoms with Crippen molar-refractivity contribution in [2.45, 2.75) is 64.5 Å². The first kappa shape index (κ1) is 24.0. The number of ether oxygens (including phenoxy) is 1. The van der Waals surface area contributed by atoms with Crippen LogP contribution in [0, 0.1) is 0 Å². The molecule has 0 radical (unpaired) electrons. The number of likely N-dealkylation sites (tertiary alicyclic amines) is 1. The average Bonchev–Trinajstić information content (AvgIpc) is 2.66. The van der Waals surface area contributed by atoms with Crippen LogP contribution in [0.2, 0.25) is 5.02 Å². The maximum atomic E-state index is 12.5. The van der Waals surface area contributed by atoms with Crippen LogP contribution in [0.25, 0.3) is 0 Å². The molecule has 1 aromatic rings. The summed E-state index contributed by atoms with van der Waals surface area (Å²) < 4.78 is 5.13. The summed E-state index contributed by atoms with van der Waals surface area (Å²) in [6.45, 7) is 6.83. The van der Waals surface area contributed by atoms with Gasteiger partial charge in [0.15, 0.2) is 0 Å². The van der Waals surface area contributed by atoms with Gasteiger partial charge in [0.05, 0.1) is 0 Å². The molecule has 0 saturated carbocycles. The predicted octanol–water partition coefficient (Wildman–Crippen LogP) is 3.29. The van der Waals surface area contributed by atoms with Crippen LogP contribution in [0.15, 0.2) is 24.3 Å². The first-order valence-electron chi connectivity index (χ1n) is 10.4. The molecule has 3 amide bonds. The average molecular weight is 438 g/mol. The summed E-state index contributed by atoms with van der Waals surface area (Å²) in [5.74, 6) is -0.00388. The maximum absolute atomic E-state index is 12.5. The van der Waals surface area contributed by atoms with Crippen LogP contribution >= 0.6 is 11.6 Å². The van der Waals surface area contributed by atoms with Gasteiger partial charge in [0.2, 0.25) is 11.8 Å². The van der Waals surface area contributed by atoms with E-state index in [1.54, 1.807) is 20.8 Å². The summed E-state index contributed by atoms with van der Waals surface area (Å²) in [7, 11) is 0. The fourth-order valence-corrected chi connectivity index (χ4v) is 3.50. The smallest absolute Gasteiger partial charge is 0.407 e. The minimum absolute atomic E-state index is 0.0478. The molecule has 1 aliphatic rings. The summed E-state index contributed by atoms with van der Waals surface area (Å²) in [6.07, 6.45) is 2.16. The minimum Gasteiger partial charge on any atom is -0.444 e. The third-order valence-corrected chi connectivity index (χ3v) is 5.17. The molecule has 2 N–H and O–H groups in total. The van der Waals surface area contributed by atoms with E-state index >= 15 is 0 Å². The van der Waals surface area contributed by atoms with E-state index < -0.39 is 11.7 Å². The van der Waals surface area contributed by atoms with Crippen LogP contribution in [0.5, 0.6) is 0 Å². The first-order valence-corrected chi connectivity index (χ1v) is 10.8. The van der Waals surface area contributed by atoms with E-state index in [-0.39, 0.29) is 30.8 Å². The zero-order chi connectivity index (χ0) is 22.1. The monoisotopic (exact) mass is 437 g/mol. The fraction of sp³-hybridized carbons (Fsp3) is 0.591. The molecule has 166 valence electrons. The Bertz CT molecular complexity index is 740. The van der Waals surface area contributed by atoms with Crippen molar-refractivity contribution in [3.63, 3.8) is 0 Å². The molecule has 0 aromatic heterocycles. The number of amides is 3. The Labute approximate surface area is 183 Å². The Kier molecular flexibility index (Phi) is 8.96. The topological polar surface area (TPSA) is 87.7 Å². The quantitative estimate of drug-likeness (QED) is 0.685. The number of carbonyl (C=O) groups excluding carboxylic acids is 3. The number of benzene rings is 1. The van der Waals surface area contributed by atoms with Gasteiger partial charge in [0.25, 0.3) is 0 Å². The van der Waals surface area contributed by atoms with E-state index in [1.165, 1.54) is 0 Å². The normalized spacial score (nSPS) is 14.9. The number of rotatable bonds is 7. The van der Waals surface area contributed by atoms with Crippen molar-refractivity contribution in [1.29, 1.82) is 0 Å². The largest absolute Gasteiger partial charge is 0.444 e. The summed E-state index contributed by atoms with van der Waals surface area (Å²) in [6, 6.07) is 7.61. The molecule has 0 unspecified atom stereocenters. The number of nitrogens with zero attached hydrogens (tertiary/aromatic N) is 1. The van der Waals surface area contributed by atoms with Gasteiger partial charge in [-0.2, -0.15) is 0 Å². The zero-order valence-corrected chi connectivity index (χ0v) is 18.8. The Morgan fingerprint density at radius 2 is 1.80 bits per heavy atom. The lowest BCUT2D eigenvalue weighted by molar-refractivity contribution is -0.132. The standard InChI is InChI=1S/C22H32ClN3O4/c1-22(2,3)30-21(29)24-13-10-19(27)25-17-11-14-26(15-12-17)20(28)9-8-16-6-4-5-7-18(16)23/h4-7,17H,8-15H2,1-3H3,(H,24,29)(H,25,27). The summed E-state index contributed by atoms with van der Waals surface area (Å²) in [5, 5.41) is 6.24.